The standard InChI is InChI=1S/C17H26/c1-3-4-5-7-11-16(2)12-10-15-17-13-8-6-9-14-17/h6-9,11,13-14,16H,3-5,10,12,15H2,1-2H3/b11-7+/t16-/m0/s1. The van der Waals surface area contributed by atoms with E-state index in [-0.39, 0.29) is 0 Å². The number of allylic oxidation sites excluding steroid dienone is 2. The van der Waals surface area contributed by atoms with Crippen LogP contribution in [0.15, 0.2) is 42.5 Å². The van der Waals surface area contributed by atoms with Crippen molar-refractivity contribution in [2.75, 3.05) is 0 Å². The maximum Gasteiger partial charge on any atom is -0.0262 e. The number of aryl methyl sites for hydroxylation is 1. The molecule has 0 radical (unpaired) electrons. The highest BCUT2D eigenvalue weighted by molar-refractivity contribution is 5.14. The molecule has 17 heavy (non-hydrogen) atoms. The number of hydrogen-bond acceptors (Lipinski definition) is 0. The van der Waals surface area contributed by atoms with E-state index in [0.29, 0.717) is 0 Å². The lowest BCUT2D eigenvalue weighted by Gasteiger charge is -2.06. The van der Waals surface area contributed by atoms with Crippen LogP contribution in [0.3, 0.4) is 0 Å². The molecule has 0 aliphatic rings. The molecule has 94 valence electrons. The van der Waals surface area contributed by atoms with Crippen molar-refractivity contribution in [2.24, 2.45) is 5.92 Å². The van der Waals surface area contributed by atoms with Crippen LogP contribution in [-0.2, 0) is 6.42 Å². The van der Waals surface area contributed by atoms with Gasteiger partial charge in [-0.2, -0.15) is 0 Å². The van der Waals surface area contributed by atoms with E-state index in [1.807, 2.05) is 0 Å². The van der Waals surface area contributed by atoms with Gasteiger partial charge in [-0.15, -0.1) is 0 Å². The van der Waals surface area contributed by atoms with Gasteiger partial charge in [0.05, 0.1) is 0 Å². The van der Waals surface area contributed by atoms with Gasteiger partial charge in [-0.05, 0) is 37.2 Å². The largest absolute Gasteiger partial charge is 0.0883 e. The Morgan fingerprint density at radius 3 is 2.59 bits per heavy atom. The maximum atomic E-state index is 2.39. The van der Waals surface area contributed by atoms with E-state index in [2.05, 4.69) is 56.3 Å². The van der Waals surface area contributed by atoms with Crippen LogP contribution in [0, 0.1) is 5.92 Å². The Labute approximate surface area is 107 Å². The first-order valence-corrected chi connectivity index (χ1v) is 7.03. The smallest absolute Gasteiger partial charge is 0.0262 e. The summed E-state index contributed by atoms with van der Waals surface area (Å²) in [6.45, 7) is 4.57. The van der Waals surface area contributed by atoms with Gasteiger partial charge in [0.15, 0.2) is 0 Å². The summed E-state index contributed by atoms with van der Waals surface area (Å²) < 4.78 is 0. The average Bonchev–Trinajstić information content (AvgIpc) is 2.36. The third kappa shape index (κ3) is 6.99. The van der Waals surface area contributed by atoms with Crippen molar-refractivity contribution in [3.63, 3.8) is 0 Å². The van der Waals surface area contributed by atoms with Crippen molar-refractivity contribution in [2.45, 2.75) is 52.4 Å². The summed E-state index contributed by atoms with van der Waals surface area (Å²) in [5.74, 6) is 0.732. The minimum atomic E-state index is 0.732. The Balaban J connectivity index is 2.12. The maximum absolute atomic E-state index is 2.39. The summed E-state index contributed by atoms with van der Waals surface area (Å²) in [5.41, 5.74) is 1.47. The molecular formula is C17H26. The van der Waals surface area contributed by atoms with E-state index in [4.69, 9.17) is 0 Å². The zero-order chi connectivity index (χ0) is 12.3. The molecule has 1 aromatic rings. The molecule has 0 heterocycles. The predicted octanol–water partition coefficient (Wildman–Crippen LogP) is 5.39. The summed E-state index contributed by atoms with van der Waals surface area (Å²) in [4.78, 5) is 0. The van der Waals surface area contributed by atoms with Gasteiger partial charge in [0.2, 0.25) is 0 Å². The second kappa shape index (κ2) is 9.04. The van der Waals surface area contributed by atoms with Gasteiger partial charge in [-0.3, -0.25) is 0 Å². The highest BCUT2D eigenvalue weighted by Crippen LogP contribution is 2.12. The highest BCUT2D eigenvalue weighted by atomic mass is 14.0. The Hall–Kier alpha value is -1.04. The molecule has 0 amide bonds. The average molecular weight is 230 g/mol. The van der Waals surface area contributed by atoms with E-state index in [0.717, 1.165) is 5.92 Å². The zero-order valence-corrected chi connectivity index (χ0v) is 11.4. The lowest BCUT2D eigenvalue weighted by atomic mass is 10.0. The van der Waals surface area contributed by atoms with E-state index in [9.17, 15) is 0 Å². The molecule has 0 aromatic heterocycles. The lowest BCUT2D eigenvalue weighted by molar-refractivity contribution is 0.604. The molecule has 0 unspecified atom stereocenters. The van der Waals surface area contributed by atoms with Crippen molar-refractivity contribution in [1.82, 2.24) is 0 Å². The number of unbranched alkanes of at least 4 members (excludes halogenated alkanes) is 2. The van der Waals surface area contributed by atoms with Gasteiger partial charge in [0.25, 0.3) is 0 Å². The van der Waals surface area contributed by atoms with Crippen LogP contribution in [0.1, 0.15) is 51.5 Å². The van der Waals surface area contributed by atoms with Crippen molar-refractivity contribution in [1.29, 1.82) is 0 Å². The molecule has 0 heteroatoms. The van der Waals surface area contributed by atoms with Gasteiger partial charge in [0.1, 0.15) is 0 Å². The molecule has 0 fully saturated rings. The summed E-state index contributed by atoms with van der Waals surface area (Å²) in [6, 6.07) is 10.8. The van der Waals surface area contributed by atoms with Gasteiger partial charge >= 0.3 is 0 Å². The van der Waals surface area contributed by atoms with Crippen LogP contribution in [-0.4, -0.2) is 0 Å². The molecule has 1 atom stereocenters. The minimum absolute atomic E-state index is 0.732. The molecule has 0 N–H and O–H groups in total. The van der Waals surface area contributed by atoms with Gasteiger partial charge in [-0.25, -0.2) is 0 Å². The topological polar surface area (TPSA) is 0 Å². The zero-order valence-electron chi connectivity index (χ0n) is 11.4. The molecule has 0 bridgehead atoms. The molecule has 1 rings (SSSR count). The minimum Gasteiger partial charge on any atom is -0.0883 e. The Morgan fingerprint density at radius 2 is 1.88 bits per heavy atom. The normalized spacial score (nSPS) is 13.1. The van der Waals surface area contributed by atoms with Crippen molar-refractivity contribution < 1.29 is 0 Å². The Morgan fingerprint density at radius 1 is 1.12 bits per heavy atom. The van der Waals surface area contributed by atoms with E-state index in [1.54, 1.807) is 0 Å². The van der Waals surface area contributed by atoms with Gasteiger partial charge in [0, 0.05) is 0 Å². The second-order valence-electron chi connectivity index (χ2n) is 4.93. The van der Waals surface area contributed by atoms with E-state index in [1.165, 1.54) is 44.1 Å². The summed E-state index contributed by atoms with van der Waals surface area (Å²) in [5, 5.41) is 0. The van der Waals surface area contributed by atoms with Crippen LogP contribution >= 0.6 is 0 Å². The molecule has 0 aliphatic carbocycles. The van der Waals surface area contributed by atoms with Gasteiger partial charge < -0.3 is 0 Å². The molecule has 0 spiro atoms. The molecule has 0 saturated heterocycles. The van der Waals surface area contributed by atoms with Crippen LogP contribution in [0.5, 0.6) is 0 Å². The van der Waals surface area contributed by atoms with Gasteiger partial charge in [-0.1, -0.05) is 69.2 Å². The lowest BCUT2D eigenvalue weighted by Crippen LogP contribution is -1.92. The fourth-order valence-electron chi connectivity index (χ4n) is 2.02. The fourth-order valence-corrected chi connectivity index (χ4v) is 2.02. The first-order chi connectivity index (χ1) is 8.33. The summed E-state index contributed by atoms with van der Waals surface area (Å²) >= 11 is 0. The number of hydrogen-bond donors (Lipinski definition) is 0. The van der Waals surface area contributed by atoms with E-state index < -0.39 is 0 Å². The van der Waals surface area contributed by atoms with Crippen molar-refractivity contribution >= 4 is 0 Å². The molecular weight excluding hydrogens is 204 g/mol. The quantitative estimate of drug-likeness (QED) is 0.415. The summed E-state index contributed by atoms with van der Waals surface area (Å²) in [6.07, 6.45) is 12.4. The number of rotatable bonds is 8. The van der Waals surface area contributed by atoms with Crippen molar-refractivity contribution in [3.8, 4) is 0 Å². The monoisotopic (exact) mass is 230 g/mol. The van der Waals surface area contributed by atoms with Crippen LogP contribution in [0.2, 0.25) is 0 Å². The fraction of sp³-hybridized carbons (Fsp3) is 0.529. The first-order valence-electron chi connectivity index (χ1n) is 7.03. The third-order valence-corrected chi connectivity index (χ3v) is 3.16. The predicted molar refractivity (Wildman–Crippen MR) is 77.2 cm³/mol. The van der Waals surface area contributed by atoms with Crippen LogP contribution < -0.4 is 0 Å². The van der Waals surface area contributed by atoms with E-state index >= 15 is 0 Å². The number of benzene rings is 1. The highest BCUT2D eigenvalue weighted by Gasteiger charge is 1.97. The second-order valence-corrected chi connectivity index (χ2v) is 4.93. The van der Waals surface area contributed by atoms with Crippen LogP contribution in [0.4, 0.5) is 0 Å². The van der Waals surface area contributed by atoms with Crippen LogP contribution in [0.25, 0.3) is 0 Å². The SMILES string of the molecule is CCCC/C=C/[C@H](C)CCCc1ccccc1. The molecule has 0 nitrogen and oxygen atoms in total. The van der Waals surface area contributed by atoms with Crippen molar-refractivity contribution in [3.05, 3.63) is 48.0 Å². The Bertz CT molecular complexity index is 297. The molecule has 0 saturated carbocycles. The third-order valence-electron chi connectivity index (χ3n) is 3.16. The molecule has 0 aliphatic heterocycles. The summed E-state index contributed by atoms with van der Waals surface area (Å²) in [7, 11) is 0. The first kappa shape index (κ1) is 14.0. The Kier molecular flexibility index (Phi) is 7.46. The molecule has 1 aromatic carbocycles.